The monoisotopic (exact) mass is 296 g/mol. The van der Waals surface area contributed by atoms with Gasteiger partial charge in [-0.2, -0.15) is 0 Å². The molecule has 7 heteroatoms. The molecule has 17 heavy (non-hydrogen) atoms. The van der Waals surface area contributed by atoms with E-state index in [-0.39, 0.29) is 14.2 Å². The van der Waals surface area contributed by atoms with Crippen LogP contribution in [0.3, 0.4) is 0 Å². The minimum atomic E-state index is -1.25. The molecule has 0 unspecified atom stereocenters. The van der Waals surface area contributed by atoms with Gasteiger partial charge in [-0.05, 0) is 13.1 Å². The number of carboxylic acid groups (broad SMARTS) is 1. The highest BCUT2D eigenvalue weighted by molar-refractivity contribution is 7.18. The van der Waals surface area contributed by atoms with E-state index in [0.29, 0.717) is 0 Å². The molecule has 2 heterocycles. The van der Waals surface area contributed by atoms with Crippen LogP contribution in [-0.4, -0.2) is 44.1 Å². The molecule has 1 aliphatic heterocycles. The summed E-state index contributed by atoms with van der Waals surface area (Å²) in [6.45, 7) is 5.10. The standard InChI is InChI=1S/C5H2Cl2O2S.C5H12N2/c6-2-1-3(5(8)9)10-4(2)7;1-7-4-2-6-3-5-7/h1H,(H,8,9);6H,2-5H2,1H3. The van der Waals surface area contributed by atoms with Crippen molar-refractivity contribution in [3.63, 3.8) is 0 Å². The van der Waals surface area contributed by atoms with Gasteiger partial charge in [0.25, 0.3) is 0 Å². The second-order valence-corrected chi connectivity index (χ2v) is 5.75. The van der Waals surface area contributed by atoms with Crippen molar-refractivity contribution >= 4 is 40.5 Å². The number of hydrogen-bond acceptors (Lipinski definition) is 4. The van der Waals surface area contributed by atoms with Crippen molar-refractivity contribution in [2.45, 2.75) is 0 Å². The van der Waals surface area contributed by atoms with Crippen molar-refractivity contribution in [1.29, 1.82) is 0 Å². The number of rotatable bonds is 1. The zero-order valence-corrected chi connectivity index (χ0v) is 11.7. The first-order valence-corrected chi connectivity index (χ1v) is 6.74. The molecule has 0 saturated carbocycles. The van der Waals surface area contributed by atoms with Crippen molar-refractivity contribution in [1.82, 2.24) is 4.90 Å². The van der Waals surface area contributed by atoms with Gasteiger partial charge in [-0.3, -0.25) is 4.90 Å². The number of quaternary nitrogens is 1. The average molecular weight is 297 g/mol. The topological polar surface area (TPSA) is 60.0 Å². The van der Waals surface area contributed by atoms with Crippen molar-refractivity contribution < 1.29 is 15.2 Å². The lowest BCUT2D eigenvalue weighted by Gasteiger charge is -2.19. The summed E-state index contributed by atoms with van der Waals surface area (Å²) in [6, 6.07) is 1.27. The van der Waals surface area contributed by atoms with Gasteiger partial charge in [0, 0.05) is 13.1 Å². The number of halogens is 2. The molecule has 1 aromatic rings. The molecule has 0 spiro atoms. The van der Waals surface area contributed by atoms with Gasteiger partial charge in [-0.1, -0.05) is 23.2 Å². The number of nitrogens with two attached hydrogens (primary N) is 1. The van der Waals surface area contributed by atoms with Crippen LogP contribution in [0.15, 0.2) is 6.07 Å². The Bertz CT molecular complexity index is 359. The van der Waals surface area contributed by atoms with Gasteiger partial charge in [0.05, 0.1) is 29.0 Å². The molecule has 1 aliphatic rings. The van der Waals surface area contributed by atoms with E-state index in [1.54, 1.807) is 0 Å². The highest BCUT2D eigenvalue weighted by Gasteiger charge is 2.05. The molecule has 0 aromatic carbocycles. The molecule has 2 rings (SSSR count). The first-order valence-electron chi connectivity index (χ1n) is 5.17. The number of thiophene rings is 1. The van der Waals surface area contributed by atoms with Gasteiger partial charge >= 0.3 is 0 Å². The summed E-state index contributed by atoms with van der Waals surface area (Å²) in [7, 11) is 2.17. The van der Waals surface area contributed by atoms with Crippen molar-refractivity contribution in [2.24, 2.45) is 0 Å². The minimum Gasteiger partial charge on any atom is -0.544 e. The second kappa shape index (κ2) is 7.18. The van der Waals surface area contributed by atoms with Gasteiger partial charge in [0.15, 0.2) is 0 Å². The third-order valence-corrected chi connectivity index (χ3v) is 4.12. The third kappa shape index (κ3) is 5.23. The van der Waals surface area contributed by atoms with E-state index in [9.17, 15) is 9.90 Å². The Morgan fingerprint density at radius 2 is 2.06 bits per heavy atom. The van der Waals surface area contributed by atoms with Crippen molar-refractivity contribution in [2.75, 3.05) is 33.2 Å². The predicted molar refractivity (Wildman–Crippen MR) is 67.8 cm³/mol. The number of carboxylic acids is 1. The summed E-state index contributed by atoms with van der Waals surface area (Å²) in [5.41, 5.74) is 0. The maximum Gasteiger partial charge on any atom is 0.112 e. The highest BCUT2D eigenvalue weighted by Crippen LogP contribution is 2.30. The van der Waals surface area contributed by atoms with Gasteiger partial charge in [0.2, 0.25) is 0 Å². The van der Waals surface area contributed by atoms with E-state index in [0.717, 1.165) is 11.3 Å². The molecule has 0 atom stereocenters. The Labute approximate surface area is 114 Å². The molecule has 96 valence electrons. The fraction of sp³-hybridized carbons (Fsp3) is 0.500. The number of nitrogens with zero attached hydrogens (tertiary/aromatic N) is 1. The normalized spacial score (nSPS) is 16.2. The van der Waals surface area contributed by atoms with Crippen LogP contribution in [0.4, 0.5) is 0 Å². The Hall–Kier alpha value is -0.330. The molecule has 1 saturated heterocycles. The van der Waals surface area contributed by atoms with E-state index < -0.39 is 5.97 Å². The predicted octanol–water partition coefficient (Wildman–Crippen LogP) is -0.0864. The van der Waals surface area contributed by atoms with Crippen LogP contribution in [0.1, 0.15) is 9.67 Å². The molecule has 0 aliphatic carbocycles. The molecule has 0 radical (unpaired) electrons. The average Bonchev–Trinajstić information content (AvgIpc) is 2.61. The lowest BCUT2D eigenvalue weighted by atomic mass is 10.4. The molecule has 0 bridgehead atoms. The van der Waals surface area contributed by atoms with Crippen LogP contribution in [0, 0.1) is 0 Å². The first kappa shape index (κ1) is 14.7. The number of hydrogen-bond donors (Lipinski definition) is 1. The van der Waals surface area contributed by atoms with E-state index in [1.807, 2.05) is 0 Å². The zero-order valence-electron chi connectivity index (χ0n) is 9.41. The maximum atomic E-state index is 10.1. The summed E-state index contributed by atoms with van der Waals surface area (Å²) < 4.78 is 0.279. The number of carbonyl (C=O) groups is 1. The van der Waals surface area contributed by atoms with Gasteiger partial charge in [-0.25, -0.2) is 0 Å². The lowest BCUT2D eigenvalue weighted by molar-refractivity contribution is -0.662. The van der Waals surface area contributed by atoms with Crippen LogP contribution in [0.5, 0.6) is 0 Å². The lowest BCUT2D eigenvalue weighted by Crippen LogP contribution is -2.89. The van der Waals surface area contributed by atoms with Gasteiger partial charge in [-0.15, -0.1) is 11.3 Å². The maximum absolute atomic E-state index is 10.1. The number of likely N-dealkylation sites (N-methyl/N-ethyl adjacent to an activating group) is 1. The summed E-state index contributed by atoms with van der Waals surface area (Å²) in [4.78, 5) is 12.6. The van der Waals surface area contributed by atoms with Crippen molar-refractivity contribution in [3.05, 3.63) is 20.3 Å². The van der Waals surface area contributed by atoms with E-state index in [4.69, 9.17) is 23.2 Å². The van der Waals surface area contributed by atoms with Crippen LogP contribution in [0.25, 0.3) is 0 Å². The Morgan fingerprint density at radius 1 is 1.47 bits per heavy atom. The van der Waals surface area contributed by atoms with E-state index >= 15 is 0 Å². The Kier molecular flexibility index (Phi) is 6.22. The Balaban J connectivity index is 0.000000181. The third-order valence-electron chi connectivity index (χ3n) is 2.28. The molecular formula is C10H14Cl2N2O2S. The summed E-state index contributed by atoms with van der Waals surface area (Å²) in [5.74, 6) is -1.25. The van der Waals surface area contributed by atoms with Gasteiger partial charge in [0.1, 0.15) is 4.34 Å². The van der Waals surface area contributed by atoms with Crippen LogP contribution in [-0.2, 0) is 0 Å². The molecule has 2 N–H and O–H groups in total. The zero-order chi connectivity index (χ0) is 12.8. The Morgan fingerprint density at radius 3 is 2.29 bits per heavy atom. The largest absolute Gasteiger partial charge is 0.544 e. The quantitative estimate of drug-likeness (QED) is 0.788. The smallest absolute Gasteiger partial charge is 0.112 e. The minimum absolute atomic E-state index is 0.0509. The fourth-order valence-electron chi connectivity index (χ4n) is 1.33. The van der Waals surface area contributed by atoms with E-state index in [1.165, 1.54) is 32.2 Å². The molecule has 0 amide bonds. The summed E-state index contributed by atoms with van der Waals surface area (Å²) in [5, 5.41) is 12.8. The highest BCUT2D eigenvalue weighted by atomic mass is 35.5. The molecular weight excluding hydrogens is 283 g/mol. The SMILES string of the molecule is CN1CC[NH2+]CC1.O=C([O-])c1cc(Cl)c(Cl)s1. The van der Waals surface area contributed by atoms with Crippen molar-refractivity contribution in [3.8, 4) is 0 Å². The molecule has 4 nitrogen and oxygen atoms in total. The first-order chi connectivity index (χ1) is 8.00. The molecule has 1 aromatic heterocycles. The summed E-state index contributed by atoms with van der Waals surface area (Å²) in [6.07, 6.45) is 0. The van der Waals surface area contributed by atoms with Crippen LogP contribution < -0.4 is 10.4 Å². The number of piperazine rings is 1. The van der Waals surface area contributed by atoms with Crippen LogP contribution >= 0.6 is 34.5 Å². The second-order valence-electron chi connectivity index (χ2n) is 3.69. The summed E-state index contributed by atoms with van der Waals surface area (Å²) >= 11 is 11.8. The number of carbonyl (C=O) groups excluding carboxylic acids is 1. The molecule has 1 fully saturated rings. The van der Waals surface area contributed by atoms with Gasteiger partial charge < -0.3 is 15.2 Å². The number of aromatic carboxylic acids is 1. The fourth-order valence-corrected chi connectivity index (χ4v) is 2.53. The van der Waals surface area contributed by atoms with Crippen LogP contribution in [0.2, 0.25) is 9.36 Å². The van der Waals surface area contributed by atoms with E-state index in [2.05, 4.69) is 17.3 Å².